The van der Waals surface area contributed by atoms with E-state index in [1.54, 1.807) is 13.8 Å². The van der Waals surface area contributed by atoms with Crippen molar-refractivity contribution in [2.45, 2.75) is 13.8 Å². The molecule has 0 fully saturated rings. The average Bonchev–Trinajstić information content (AvgIpc) is 2.02. The number of aliphatic hydroxyl groups is 1. The number of hydrogen-bond acceptors (Lipinski definition) is 3. The van der Waals surface area contributed by atoms with Gasteiger partial charge in [0.25, 0.3) is 0 Å². The van der Waals surface area contributed by atoms with Gasteiger partial charge < -0.3 is 5.11 Å². The topological polar surface area (TPSA) is 66.4 Å². The van der Waals surface area contributed by atoms with E-state index in [1.807, 2.05) is 0 Å². The Bertz CT molecular complexity index is 257. The molecular formula is C8H17NO3S. The summed E-state index contributed by atoms with van der Waals surface area (Å²) in [7, 11) is -3.25. The molecule has 13 heavy (non-hydrogen) atoms. The molecule has 0 amide bonds. The predicted molar refractivity (Wildman–Crippen MR) is 52.9 cm³/mol. The van der Waals surface area contributed by atoms with Crippen molar-refractivity contribution in [3.05, 3.63) is 12.7 Å². The molecular weight excluding hydrogens is 190 g/mol. The molecule has 0 aliphatic carbocycles. The summed E-state index contributed by atoms with van der Waals surface area (Å²) in [6.07, 6.45) is 1.33. The number of hydrogen-bond donors (Lipinski definition) is 2. The van der Waals surface area contributed by atoms with Gasteiger partial charge in [0, 0.05) is 18.6 Å². The molecule has 0 spiro atoms. The number of rotatable bonds is 6. The zero-order valence-electron chi connectivity index (χ0n) is 8.08. The van der Waals surface area contributed by atoms with Gasteiger partial charge in [0.15, 0.2) is 0 Å². The molecule has 0 aromatic heterocycles. The van der Waals surface area contributed by atoms with Gasteiger partial charge in [0.1, 0.15) is 0 Å². The lowest BCUT2D eigenvalue weighted by Crippen LogP contribution is -2.36. The highest BCUT2D eigenvalue weighted by molar-refractivity contribution is 7.89. The van der Waals surface area contributed by atoms with Gasteiger partial charge in [0.05, 0.1) is 5.75 Å². The summed E-state index contributed by atoms with van der Waals surface area (Å²) in [6.45, 7) is 7.09. The largest absolute Gasteiger partial charge is 0.396 e. The third-order valence-electron chi connectivity index (χ3n) is 1.54. The first-order valence-electron chi connectivity index (χ1n) is 4.02. The molecule has 0 heterocycles. The average molecular weight is 207 g/mol. The Labute approximate surface area is 79.7 Å². The molecule has 0 unspecified atom stereocenters. The van der Waals surface area contributed by atoms with Gasteiger partial charge in [-0.3, -0.25) is 0 Å². The van der Waals surface area contributed by atoms with Crippen LogP contribution in [0.4, 0.5) is 0 Å². The van der Waals surface area contributed by atoms with Gasteiger partial charge in [-0.2, -0.15) is 0 Å². The van der Waals surface area contributed by atoms with E-state index < -0.39 is 15.4 Å². The van der Waals surface area contributed by atoms with Crippen LogP contribution in [0, 0.1) is 5.41 Å². The van der Waals surface area contributed by atoms with Crippen LogP contribution in [-0.2, 0) is 10.0 Å². The minimum Gasteiger partial charge on any atom is -0.396 e. The first-order chi connectivity index (χ1) is 5.83. The van der Waals surface area contributed by atoms with E-state index in [0.717, 1.165) is 0 Å². The monoisotopic (exact) mass is 207 g/mol. The quantitative estimate of drug-likeness (QED) is 0.608. The van der Waals surface area contributed by atoms with Gasteiger partial charge >= 0.3 is 0 Å². The number of sulfonamides is 1. The Balaban J connectivity index is 4.09. The van der Waals surface area contributed by atoms with Crippen molar-refractivity contribution in [1.29, 1.82) is 0 Å². The van der Waals surface area contributed by atoms with Crippen molar-refractivity contribution in [1.82, 2.24) is 4.72 Å². The van der Waals surface area contributed by atoms with E-state index in [2.05, 4.69) is 11.3 Å². The molecule has 0 aromatic rings. The fourth-order valence-electron chi connectivity index (χ4n) is 0.575. The second kappa shape index (κ2) is 4.74. The first-order valence-corrected chi connectivity index (χ1v) is 5.67. The standard InChI is InChI=1S/C8H17NO3S/c1-4-5-13(11,12)9-6-8(2,3)7-10/h4,9-10H,1,5-7H2,2-3H3. The van der Waals surface area contributed by atoms with E-state index in [4.69, 9.17) is 5.11 Å². The maximum atomic E-state index is 11.1. The van der Waals surface area contributed by atoms with Crippen LogP contribution in [0.25, 0.3) is 0 Å². The van der Waals surface area contributed by atoms with Crippen LogP contribution in [0.1, 0.15) is 13.8 Å². The minimum absolute atomic E-state index is 0.0520. The zero-order chi connectivity index (χ0) is 10.5. The Morgan fingerprint density at radius 1 is 1.54 bits per heavy atom. The van der Waals surface area contributed by atoms with Gasteiger partial charge in [-0.05, 0) is 0 Å². The van der Waals surface area contributed by atoms with Gasteiger partial charge in [0.2, 0.25) is 10.0 Å². The van der Waals surface area contributed by atoms with Crippen LogP contribution in [-0.4, -0.2) is 32.4 Å². The van der Waals surface area contributed by atoms with Crippen LogP contribution in [0.5, 0.6) is 0 Å². The summed E-state index contributed by atoms with van der Waals surface area (Å²) in [5, 5.41) is 8.87. The molecule has 0 bridgehead atoms. The lowest BCUT2D eigenvalue weighted by molar-refractivity contribution is 0.163. The SMILES string of the molecule is C=CCS(=O)(=O)NCC(C)(C)CO. The molecule has 0 saturated heterocycles. The summed E-state index contributed by atoms with van der Waals surface area (Å²) >= 11 is 0. The Hall–Kier alpha value is -0.390. The fraction of sp³-hybridized carbons (Fsp3) is 0.750. The Kier molecular flexibility index (Phi) is 4.60. The highest BCUT2D eigenvalue weighted by Gasteiger charge is 2.19. The van der Waals surface area contributed by atoms with E-state index in [0.29, 0.717) is 0 Å². The molecule has 4 nitrogen and oxygen atoms in total. The molecule has 5 heteroatoms. The first kappa shape index (κ1) is 12.6. The second-order valence-corrected chi connectivity index (χ2v) is 5.57. The normalized spacial score (nSPS) is 12.8. The predicted octanol–water partition coefficient (Wildman–Crippen LogP) is 0.110. The Morgan fingerprint density at radius 3 is 2.46 bits per heavy atom. The van der Waals surface area contributed by atoms with Crippen molar-refractivity contribution >= 4 is 10.0 Å². The molecule has 2 N–H and O–H groups in total. The number of nitrogens with one attached hydrogen (secondary N) is 1. The van der Waals surface area contributed by atoms with Crippen molar-refractivity contribution in [2.75, 3.05) is 18.9 Å². The van der Waals surface area contributed by atoms with Crippen LogP contribution >= 0.6 is 0 Å². The maximum absolute atomic E-state index is 11.1. The Morgan fingerprint density at radius 2 is 2.08 bits per heavy atom. The molecule has 78 valence electrons. The summed E-state index contributed by atoms with van der Waals surface area (Å²) in [6, 6.07) is 0. The third-order valence-corrected chi connectivity index (χ3v) is 2.79. The summed E-state index contributed by atoms with van der Waals surface area (Å²) in [5.74, 6) is -0.0888. The van der Waals surface area contributed by atoms with Gasteiger partial charge in [-0.15, -0.1) is 6.58 Å². The molecule has 0 rings (SSSR count). The molecule has 0 aromatic carbocycles. The molecule has 0 aliphatic rings. The van der Waals surface area contributed by atoms with Crippen LogP contribution in [0.3, 0.4) is 0 Å². The van der Waals surface area contributed by atoms with Crippen LogP contribution in [0.15, 0.2) is 12.7 Å². The highest BCUT2D eigenvalue weighted by Crippen LogP contribution is 2.11. The van der Waals surface area contributed by atoms with Gasteiger partial charge in [-0.25, -0.2) is 13.1 Å². The van der Waals surface area contributed by atoms with E-state index in [9.17, 15) is 8.42 Å². The van der Waals surface area contributed by atoms with E-state index in [1.165, 1.54) is 6.08 Å². The minimum atomic E-state index is -3.25. The third kappa shape index (κ3) is 5.79. The highest BCUT2D eigenvalue weighted by atomic mass is 32.2. The second-order valence-electron chi connectivity index (χ2n) is 3.71. The van der Waals surface area contributed by atoms with Crippen molar-refractivity contribution in [2.24, 2.45) is 5.41 Å². The molecule has 0 aliphatic heterocycles. The maximum Gasteiger partial charge on any atom is 0.215 e. The fourth-order valence-corrected chi connectivity index (χ4v) is 1.61. The molecule has 0 saturated carbocycles. The van der Waals surface area contributed by atoms with Gasteiger partial charge in [-0.1, -0.05) is 19.9 Å². The van der Waals surface area contributed by atoms with E-state index >= 15 is 0 Å². The van der Waals surface area contributed by atoms with Crippen LogP contribution in [0.2, 0.25) is 0 Å². The van der Waals surface area contributed by atoms with Crippen molar-refractivity contribution in [3.63, 3.8) is 0 Å². The summed E-state index contributed by atoms with van der Waals surface area (Å²) in [5.41, 5.74) is -0.422. The molecule has 0 radical (unpaired) electrons. The zero-order valence-corrected chi connectivity index (χ0v) is 8.89. The molecule has 0 atom stereocenters. The van der Waals surface area contributed by atoms with Crippen LogP contribution < -0.4 is 4.72 Å². The number of aliphatic hydroxyl groups excluding tert-OH is 1. The van der Waals surface area contributed by atoms with E-state index in [-0.39, 0.29) is 18.9 Å². The lowest BCUT2D eigenvalue weighted by atomic mass is 9.96. The smallest absolute Gasteiger partial charge is 0.215 e. The summed E-state index contributed by atoms with van der Waals surface area (Å²) in [4.78, 5) is 0. The van der Waals surface area contributed by atoms with Crippen molar-refractivity contribution in [3.8, 4) is 0 Å². The lowest BCUT2D eigenvalue weighted by Gasteiger charge is -2.21. The van der Waals surface area contributed by atoms with Crippen molar-refractivity contribution < 1.29 is 13.5 Å². The summed E-state index contributed by atoms with van der Waals surface area (Å²) < 4.78 is 24.7.